The molecule has 0 radical (unpaired) electrons. The Hall–Kier alpha value is -3.50. The summed E-state index contributed by atoms with van der Waals surface area (Å²) >= 11 is 0. The standard InChI is InChI=1S/C26H24F3N3O3S/c1-25(2,3)32-36(34,35)20-10-7-16(8-11-20)17-5-4-6-18(13-17)22-15-24(33)31-23-14-19(26(27,28)29)9-12-21(23)30-22/h4-14,32H,15H2,1-3H3,(H,31,33). The molecule has 10 heteroatoms. The van der Waals surface area contributed by atoms with Crippen molar-refractivity contribution in [3.63, 3.8) is 0 Å². The fourth-order valence-electron chi connectivity index (χ4n) is 3.77. The van der Waals surface area contributed by atoms with Crippen molar-refractivity contribution in [2.45, 2.75) is 43.8 Å². The highest BCUT2D eigenvalue weighted by molar-refractivity contribution is 7.89. The SMILES string of the molecule is CC(C)(C)NS(=O)(=O)c1ccc(-c2cccc(C3=Nc4ccc(C(F)(F)F)cc4NC(=O)C3)c2)cc1. The quantitative estimate of drug-likeness (QED) is 0.453. The van der Waals surface area contributed by atoms with E-state index in [4.69, 9.17) is 0 Å². The lowest BCUT2D eigenvalue weighted by Crippen LogP contribution is -2.40. The Labute approximate surface area is 207 Å². The summed E-state index contributed by atoms with van der Waals surface area (Å²) in [5.41, 5.74) is 1.29. The van der Waals surface area contributed by atoms with E-state index in [0.29, 0.717) is 11.3 Å². The lowest BCUT2D eigenvalue weighted by atomic mass is 9.99. The Morgan fingerprint density at radius 1 is 0.889 bits per heavy atom. The molecule has 0 saturated heterocycles. The van der Waals surface area contributed by atoms with Crippen LogP contribution >= 0.6 is 0 Å². The van der Waals surface area contributed by atoms with Crippen molar-refractivity contribution >= 4 is 33.0 Å². The number of aliphatic imine (C=N–C) groups is 1. The minimum Gasteiger partial charge on any atom is -0.324 e. The lowest BCUT2D eigenvalue weighted by molar-refractivity contribution is -0.137. The van der Waals surface area contributed by atoms with Crippen LogP contribution in [0.5, 0.6) is 0 Å². The molecule has 0 aliphatic carbocycles. The van der Waals surface area contributed by atoms with E-state index in [9.17, 15) is 26.4 Å². The molecule has 2 N–H and O–H groups in total. The zero-order valence-corrected chi connectivity index (χ0v) is 20.6. The highest BCUT2D eigenvalue weighted by Gasteiger charge is 2.32. The fourth-order valence-corrected chi connectivity index (χ4v) is 5.19. The van der Waals surface area contributed by atoms with Crippen molar-refractivity contribution < 1.29 is 26.4 Å². The van der Waals surface area contributed by atoms with Gasteiger partial charge >= 0.3 is 6.18 Å². The molecule has 1 aliphatic rings. The van der Waals surface area contributed by atoms with E-state index in [2.05, 4.69) is 15.0 Å². The molecule has 3 aromatic carbocycles. The summed E-state index contributed by atoms with van der Waals surface area (Å²) in [6.45, 7) is 5.28. The second-order valence-electron chi connectivity index (χ2n) is 9.47. The molecule has 188 valence electrons. The van der Waals surface area contributed by atoms with Gasteiger partial charge in [-0.2, -0.15) is 13.2 Å². The number of fused-ring (bicyclic) bond motifs is 1. The third-order valence-electron chi connectivity index (χ3n) is 5.32. The topological polar surface area (TPSA) is 87.6 Å². The number of sulfonamides is 1. The predicted octanol–water partition coefficient (Wildman–Crippen LogP) is 5.91. The predicted molar refractivity (Wildman–Crippen MR) is 133 cm³/mol. The Morgan fingerprint density at radius 3 is 2.19 bits per heavy atom. The maximum absolute atomic E-state index is 13.1. The lowest BCUT2D eigenvalue weighted by Gasteiger charge is -2.20. The first-order chi connectivity index (χ1) is 16.7. The molecule has 1 amide bonds. The van der Waals surface area contributed by atoms with Crippen molar-refractivity contribution in [2.24, 2.45) is 4.99 Å². The Bertz CT molecular complexity index is 1460. The van der Waals surface area contributed by atoms with Gasteiger partial charge in [-0.05, 0) is 73.9 Å². The molecule has 0 unspecified atom stereocenters. The van der Waals surface area contributed by atoms with Crippen LogP contribution in [0.1, 0.15) is 38.3 Å². The van der Waals surface area contributed by atoms with Crippen LogP contribution < -0.4 is 10.0 Å². The van der Waals surface area contributed by atoms with E-state index >= 15 is 0 Å². The third kappa shape index (κ3) is 5.83. The maximum Gasteiger partial charge on any atom is 0.416 e. The van der Waals surface area contributed by atoms with Crippen LogP contribution in [0.25, 0.3) is 11.1 Å². The van der Waals surface area contributed by atoms with E-state index < -0.39 is 33.2 Å². The molecule has 0 fully saturated rings. The number of hydrogen-bond donors (Lipinski definition) is 2. The van der Waals surface area contributed by atoms with Gasteiger partial charge < -0.3 is 5.32 Å². The van der Waals surface area contributed by atoms with E-state index in [1.807, 2.05) is 6.07 Å². The number of benzene rings is 3. The summed E-state index contributed by atoms with van der Waals surface area (Å²) in [6, 6.07) is 16.6. The van der Waals surface area contributed by atoms with Crippen LogP contribution in [0.2, 0.25) is 0 Å². The first kappa shape index (κ1) is 25.6. The number of carbonyl (C=O) groups excluding carboxylic acids is 1. The zero-order valence-electron chi connectivity index (χ0n) is 19.8. The van der Waals surface area contributed by atoms with Crippen LogP contribution in [-0.2, 0) is 21.0 Å². The summed E-state index contributed by atoms with van der Waals surface area (Å²) in [5, 5.41) is 2.50. The van der Waals surface area contributed by atoms with Gasteiger partial charge in [0.05, 0.1) is 34.0 Å². The van der Waals surface area contributed by atoms with E-state index in [1.54, 1.807) is 51.1 Å². The van der Waals surface area contributed by atoms with Gasteiger partial charge in [0.25, 0.3) is 0 Å². The molecule has 0 aromatic heterocycles. The van der Waals surface area contributed by atoms with E-state index in [1.165, 1.54) is 18.2 Å². The molecule has 6 nitrogen and oxygen atoms in total. The van der Waals surface area contributed by atoms with Crippen molar-refractivity contribution in [3.8, 4) is 11.1 Å². The molecule has 0 saturated carbocycles. The number of halogens is 3. The number of alkyl halides is 3. The molecule has 3 aromatic rings. The monoisotopic (exact) mass is 515 g/mol. The molecule has 36 heavy (non-hydrogen) atoms. The van der Waals surface area contributed by atoms with Gasteiger partial charge in [0, 0.05) is 5.54 Å². The Kier molecular flexibility index (Phi) is 6.52. The zero-order chi connectivity index (χ0) is 26.3. The summed E-state index contributed by atoms with van der Waals surface area (Å²) in [6.07, 6.45) is -4.65. The molecule has 1 aliphatic heterocycles. The average molecular weight is 516 g/mol. The maximum atomic E-state index is 13.1. The summed E-state index contributed by atoms with van der Waals surface area (Å²) in [5.74, 6) is -0.474. The first-order valence-electron chi connectivity index (χ1n) is 11.0. The van der Waals surface area contributed by atoms with Gasteiger partial charge in [-0.15, -0.1) is 0 Å². The molecule has 0 atom stereocenters. The number of rotatable bonds is 4. The van der Waals surface area contributed by atoms with Gasteiger partial charge in [-0.3, -0.25) is 9.79 Å². The summed E-state index contributed by atoms with van der Waals surface area (Å²) in [7, 11) is -3.68. The van der Waals surface area contributed by atoms with Gasteiger partial charge in [0.15, 0.2) is 0 Å². The van der Waals surface area contributed by atoms with Gasteiger partial charge in [0.2, 0.25) is 15.9 Å². The summed E-state index contributed by atoms with van der Waals surface area (Å²) < 4.78 is 67.0. The molecule has 4 rings (SSSR count). The smallest absolute Gasteiger partial charge is 0.324 e. The molecular weight excluding hydrogens is 491 g/mol. The number of nitrogens with one attached hydrogen (secondary N) is 2. The molecule has 1 heterocycles. The van der Waals surface area contributed by atoms with Crippen molar-refractivity contribution in [1.29, 1.82) is 0 Å². The van der Waals surface area contributed by atoms with Gasteiger partial charge in [-0.25, -0.2) is 13.1 Å². The van der Waals surface area contributed by atoms with E-state index in [0.717, 1.165) is 23.3 Å². The average Bonchev–Trinajstić information content (AvgIpc) is 2.94. The second-order valence-corrected chi connectivity index (χ2v) is 11.2. The summed E-state index contributed by atoms with van der Waals surface area (Å²) in [4.78, 5) is 17.1. The van der Waals surface area contributed by atoms with Crippen LogP contribution in [-0.4, -0.2) is 25.6 Å². The highest BCUT2D eigenvalue weighted by Crippen LogP contribution is 2.37. The van der Waals surface area contributed by atoms with E-state index in [-0.39, 0.29) is 22.7 Å². The number of hydrogen-bond acceptors (Lipinski definition) is 4. The van der Waals surface area contributed by atoms with Crippen molar-refractivity contribution in [1.82, 2.24) is 4.72 Å². The largest absolute Gasteiger partial charge is 0.416 e. The molecular formula is C26H24F3N3O3S. The molecule has 0 spiro atoms. The Balaban J connectivity index is 1.66. The normalized spacial score (nSPS) is 14.5. The number of amides is 1. The third-order valence-corrected chi connectivity index (χ3v) is 7.09. The first-order valence-corrected chi connectivity index (χ1v) is 12.5. The van der Waals surface area contributed by atoms with Gasteiger partial charge in [-0.1, -0.05) is 30.3 Å². The van der Waals surface area contributed by atoms with Crippen molar-refractivity contribution in [3.05, 3.63) is 77.9 Å². The fraction of sp³-hybridized carbons (Fsp3) is 0.231. The van der Waals surface area contributed by atoms with Crippen LogP contribution in [0, 0.1) is 0 Å². The Morgan fingerprint density at radius 2 is 1.56 bits per heavy atom. The van der Waals surface area contributed by atoms with Gasteiger partial charge in [0.1, 0.15) is 0 Å². The minimum atomic E-state index is -4.54. The highest BCUT2D eigenvalue weighted by atomic mass is 32.2. The molecule has 0 bridgehead atoms. The van der Waals surface area contributed by atoms with Crippen molar-refractivity contribution in [2.75, 3.05) is 5.32 Å². The van der Waals surface area contributed by atoms with Crippen LogP contribution in [0.4, 0.5) is 24.5 Å². The number of carbonyl (C=O) groups is 1. The second kappa shape index (κ2) is 9.18. The van der Waals surface area contributed by atoms with Crippen LogP contribution in [0.15, 0.2) is 76.6 Å². The number of nitrogens with zero attached hydrogens (tertiary/aromatic N) is 1. The number of anilines is 1. The minimum absolute atomic E-state index is 0.00152. The van der Waals surface area contributed by atoms with Crippen LogP contribution in [0.3, 0.4) is 0 Å².